The maximum Gasteiger partial charge on any atom is 0.161 e. The minimum absolute atomic E-state index is 0.104. The zero-order valence-corrected chi connectivity index (χ0v) is 13.1. The molecule has 0 heterocycles. The van der Waals surface area contributed by atoms with Crippen LogP contribution in [0.1, 0.15) is 18.4 Å². The fourth-order valence-electron chi connectivity index (χ4n) is 2.85. The standard InChI is InChI=1S/C17H25NO3/c1-19-11-10-18-13-17(8-4-5-9-17)14-6-7-15(20-2)16(12-14)21-3/h4-7,12,18H,8-11,13H2,1-3H3. The van der Waals surface area contributed by atoms with Gasteiger partial charge >= 0.3 is 0 Å². The van der Waals surface area contributed by atoms with Crippen molar-refractivity contribution in [3.8, 4) is 11.5 Å². The molecule has 2 rings (SSSR count). The van der Waals surface area contributed by atoms with Crippen LogP contribution in [0.4, 0.5) is 0 Å². The number of hydrogen-bond acceptors (Lipinski definition) is 4. The minimum Gasteiger partial charge on any atom is -0.493 e. The fraction of sp³-hybridized carbons (Fsp3) is 0.529. The van der Waals surface area contributed by atoms with Crippen molar-refractivity contribution in [2.45, 2.75) is 18.3 Å². The van der Waals surface area contributed by atoms with E-state index in [4.69, 9.17) is 14.2 Å². The van der Waals surface area contributed by atoms with Gasteiger partial charge in [-0.15, -0.1) is 0 Å². The number of methoxy groups -OCH3 is 3. The summed E-state index contributed by atoms with van der Waals surface area (Å²) in [6, 6.07) is 6.24. The summed E-state index contributed by atoms with van der Waals surface area (Å²) in [4.78, 5) is 0. The minimum atomic E-state index is 0.104. The van der Waals surface area contributed by atoms with Crippen LogP contribution < -0.4 is 14.8 Å². The van der Waals surface area contributed by atoms with E-state index in [2.05, 4.69) is 29.6 Å². The van der Waals surface area contributed by atoms with E-state index in [1.54, 1.807) is 21.3 Å². The van der Waals surface area contributed by atoms with Gasteiger partial charge in [0.15, 0.2) is 11.5 Å². The van der Waals surface area contributed by atoms with Gasteiger partial charge in [0.25, 0.3) is 0 Å². The Morgan fingerprint density at radius 1 is 1.05 bits per heavy atom. The van der Waals surface area contributed by atoms with E-state index in [-0.39, 0.29) is 5.41 Å². The van der Waals surface area contributed by atoms with Crippen LogP contribution in [0.5, 0.6) is 11.5 Å². The largest absolute Gasteiger partial charge is 0.493 e. The van der Waals surface area contributed by atoms with Crippen LogP contribution in [0.3, 0.4) is 0 Å². The third-order valence-electron chi connectivity index (χ3n) is 4.13. The van der Waals surface area contributed by atoms with Crippen LogP contribution in [-0.2, 0) is 10.2 Å². The molecule has 0 fully saturated rings. The van der Waals surface area contributed by atoms with Gasteiger partial charge in [0.1, 0.15) is 0 Å². The molecule has 1 aromatic carbocycles. The molecule has 0 radical (unpaired) electrons. The number of benzene rings is 1. The summed E-state index contributed by atoms with van der Waals surface area (Å²) < 4.78 is 15.9. The van der Waals surface area contributed by atoms with E-state index < -0.39 is 0 Å². The monoisotopic (exact) mass is 291 g/mol. The van der Waals surface area contributed by atoms with Gasteiger partial charge in [0.2, 0.25) is 0 Å². The summed E-state index contributed by atoms with van der Waals surface area (Å²) in [5.41, 5.74) is 1.39. The molecule has 1 aromatic rings. The lowest BCUT2D eigenvalue weighted by molar-refractivity contribution is 0.196. The Hall–Kier alpha value is -1.52. The molecule has 0 bridgehead atoms. The average molecular weight is 291 g/mol. The van der Waals surface area contributed by atoms with Crippen LogP contribution in [0.2, 0.25) is 0 Å². The van der Waals surface area contributed by atoms with Crippen LogP contribution in [0, 0.1) is 0 Å². The van der Waals surface area contributed by atoms with Crippen molar-refractivity contribution in [2.24, 2.45) is 0 Å². The van der Waals surface area contributed by atoms with Crippen molar-refractivity contribution in [1.29, 1.82) is 0 Å². The highest BCUT2D eigenvalue weighted by molar-refractivity contribution is 5.46. The third kappa shape index (κ3) is 3.57. The van der Waals surface area contributed by atoms with E-state index in [9.17, 15) is 0 Å². The Kier molecular flexibility index (Phi) is 5.65. The molecule has 0 amide bonds. The quantitative estimate of drug-likeness (QED) is 0.590. The van der Waals surface area contributed by atoms with E-state index in [0.29, 0.717) is 0 Å². The van der Waals surface area contributed by atoms with Crippen molar-refractivity contribution in [1.82, 2.24) is 5.32 Å². The highest BCUT2D eigenvalue weighted by Crippen LogP contribution is 2.40. The molecular weight excluding hydrogens is 266 g/mol. The second-order valence-electron chi connectivity index (χ2n) is 5.40. The molecule has 0 saturated heterocycles. The molecule has 1 N–H and O–H groups in total. The van der Waals surface area contributed by atoms with Gasteiger partial charge in [-0.1, -0.05) is 18.2 Å². The molecule has 1 aliphatic carbocycles. The normalized spacial score (nSPS) is 16.1. The summed E-state index contributed by atoms with van der Waals surface area (Å²) in [7, 11) is 5.07. The molecule has 4 heteroatoms. The van der Waals surface area contributed by atoms with E-state index in [1.807, 2.05) is 6.07 Å². The molecule has 1 aliphatic rings. The molecule has 21 heavy (non-hydrogen) atoms. The van der Waals surface area contributed by atoms with Crippen LogP contribution in [-0.4, -0.2) is 41.0 Å². The first kappa shape index (κ1) is 15.9. The molecule has 0 atom stereocenters. The van der Waals surface area contributed by atoms with Crippen molar-refractivity contribution in [3.05, 3.63) is 35.9 Å². The molecule has 0 aliphatic heterocycles. The van der Waals surface area contributed by atoms with Gasteiger partial charge in [-0.2, -0.15) is 0 Å². The Balaban J connectivity index is 2.17. The molecule has 0 saturated carbocycles. The van der Waals surface area contributed by atoms with Crippen molar-refractivity contribution >= 4 is 0 Å². The summed E-state index contributed by atoms with van der Waals surface area (Å²) in [6.07, 6.45) is 6.61. The lowest BCUT2D eigenvalue weighted by Crippen LogP contribution is -2.37. The lowest BCUT2D eigenvalue weighted by atomic mass is 9.78. The molecule has 4 nitrogen and oxygen atoms in total. The maximum atomic E-state index is 5.44. The summed E-state index contributed by atoms with van der Waals surface area (Å²) in [5, 5.41) is 3.50. The number of hydrogen-bond donors (Lipinski definition) is 1. The molecule has 0 unspecified atom stereocenters. The summed E-state index contributed by atoms with van der Waals surface area (Å²) >= 11 is 0. The van der Waals surface area contributed by atoms with Gasteiger partial charge in [-0.05, 0) is 30.5 Å². The Morgan fingerprint density at radius 2 is 1.76 bits per heavy atom. The third-order valence-corrected chi connectivity index (χ3v) is 4.13. The van der Waals surface area contributed by atoms with Crippen LogP contribution in [0.25, 0.3) is 0 Å². The number of allylic oxidation sites excluding steroid dienone is 2. The summed E-state index contributed by atoms with van der Waals surface area (Å²) in [6.45, 7) is 2.53. The average Bonchev–Trinajstić information content (AvgIpc) is 3.01. The number of ether oxygens (including phenoxy) is 3. The van der Waals surface area contributed by atoms with Gasteiger partial charge in [0, 0.05) is 25.6 Å². The zero-order valence-electron chi connectivity index (χ0n) is 13.1. The van der Waals surface area contributed by atoms with Gasteiger partial charge in [0.05, 0.1) is 20.8 Å². The Morgan fingerprint density at radius 3 is 2.38 bits per heavy atom. The number of nitrogens with one attached hydrogen (secondary N) is 1. The number of rotatable bonds is 8. The fourth-order valence-corrected chi connectivity index (χ4v) is 2.85. The van der Waals surface area contributed by atoms with Crippen molar-refractivity contribution in [2.75, 3.05) is 41.0 Å². The molecule has 0 aromatic heterocycles. The van der Waals surface area contributed by atoms with Crippen molar-refractivity contribution < 1.29 is 14.2 Å². The second-order valence-corrected chi connectivity index (χ2v) is 5.40. The predicted octanol–water partition coefficient (Wildman–Crippen LogP) is 2.53. The first-order chi connectivity index (χ1) is 10.3. The van der Waals surface area contributed by atoms with Crippen LogP contribution in [0.15, 0.2) is 30.4 Å². The first-order valence-corrected chi connectivity index (χ1v) is 7.33. The van der Waals surface area contributed by atoms with Gasteiger partial charge in [-0.3, -0.25) is 0 Å². The predicted molar refractivity (Wildman–Crippen MR) is 84.3 cm³/mol. The highest BCUT2D eigenvalue weighted by atomic mass is 16.5. The van der Waals surface area contributed by atoms with Crippen LogP contribution >= 0.6 is 0 Å². The smallest absolute Gasteiger partial charge is 0.161 e. The maximum absolute atomic E-state index is 5.44. The molecule has 116 valence electrons. The molecule has 0 spiro atoms. The highest BCUT2D eigenvalue weighted by Gasteiger charge is 2.33. The van der Waals surface area contributed by atoms with E-state index >= 15 is 0 Å². The summed E-state index contributed by atoms with van der Waals surface area (Å²) in [5.74, 6) is 1.56. The SMILES string of the molecule is COCCNCC1(c2ccc(OC)c(OC)c2)CC=CC1. The Labute approximate surface area is 127 Å². The topological polar surface area (TPSA) is 39.7 Å². The second kappa shape index (κ2) is 7.48. The van der Waals surface area contributed by atoms with Crippen molar-refractivity contribution in [3.63, 3.8) is 0 Å². The first-order valence-electron chi connectivity index (χ1n) is 7.33. The van der Waals surface area contributed by atoms with Gasteiger partial charge in [-0.25, -0.2) is 0 Å². The zero-order chi connectivity index (χ0) is 15.1. The Bertz CT molecular complexity index is 477. The lowest BCUT2D eigenvalue weighted by Gasteiger charge is -2.30. The van der Waals surface area contributed by atoms with E-state index in [0.717, 1.165) is 44.0 Å². The van der Waals surface area contributed by atoms with Gasteiger partial charge < -0.3 is 19.5 Å². The van der Waals surface area contributed by atoms with E-state index in [1.165, 1.54) is 5.56 Å². The molecular formula is C17H25NO3.